The first-order valence-electron chi connectivity index (χ1n) is 5.94. The molecule has 0 aliphatic carbocycles. The van der Waals surface area contributed by atoms with Gasteiger partial charge in [-0.05, 0) is 18.1 Å². The van der Waals surface area contributed by atoms with Gasteiger partial charge in [-0.1, -0.05) is 37.6 Å². The minimum atomic E-state index is -0.416. The van der Waals surface area contributed by atoms with E-state index in [1.807, 2.05) is 13.8 Å². The number of benzene rings is 1. The Bertz CT molecular complexity index is 449. The molecular formula is C13H17ClN2O3. The Morgan fingerprint density at radius 2 is 2.00 bits per heavy atom. The summed E-state index contributed by atoms with van der Waals surface area (Å²) in [4.78, 5) is 28.0. The number of nitrogens with one attached hydrogen (secondary N) is 2. The van der Waals surface area contributed by atoms with E-state index in [0.29, 0.717) is 23.1 Å². The predicted molar refractivity (Wildman–Crippen MR) is 72.7 cm³/mol. The highest BCUT2D eigenvalue weighted by Crippen LogP contribution is 2.14. The van der Waals surface area contributed by atoms with Crippen LogP contribution in [-0.2, 0) is 9.63 Å². The minimum absolute atomic E-state index is 0.165. The largest absolute Gasteiger partial charge is 0.343 e. The Labute approximate surface area is 117 Å². The number of hydrogen-bond donors (Lipinski definition) is 2. The molecule has 0 radical (unpaired) electrons. The van der Waals surface area contributed by atoms with Crippen LogP contribution < -0.4 is 10.8 Å². The smallest absolute Gasteiger partial charge is 0.262 e. The molecule has 0 aliphatic heterocycles. The quantitative estimate of drug-likeness (QED) is 0.783. The van der Waals surface area contributed by atoms with Gasteiger partial charge in [0.05, 0.1) is 23.7 Å². The number of hydrogen-bond acceptors (Lipinski definition) is 3. The topological polar surface area (TPSA) is 67.4 Å². The second-order valence-electron chi connectivity index (χ2n) is 4.39. The van der Waals surface area contributed by atoms with Crippen LogP contribution in [0.4, 0.5) is 0 Å². The van der Waals surface area contributed by atoms with Crippen molar-refractivity contribution in [3.05, 3.63) is 34.9 Å². The maximum atomic E-state index is 11.7. The average Bonchev–Trinajstić information content (AvgIpc) is 2.36. The van der Waals surface area contributed by atoms with Crippen molar-refractivity contribution in [3.8, 4) is 0 Å². The number of carbonyl (C=O) groups is 2. The van der Waals surface area contributed by atoms with Crippen LogP contribution in [-0.4, -0.2) is 25.0 Å². The van der Waals surface area contributed by atoms with Crippen LogP contribution in [0.5, 0.6) is 0 Å². The fourth-order valence-electron chi connectivity index (χ4n) is 1.23. The summed E-state index contributed by atoms with van der Waals surface area (Å²) in [6, 6.07) is 6.63. The van der Waals surface area contributed by atoms with Gasteiger partial charge in [-0.25, -0.2) is 5.48 Å². The van der Waals surface area contributed by atoms with Crippen LogP contribution in [0.15, 0.2) is 24.3 Å². The molecule has 0 heterocycles. The van der Waals surface area contributed by atoms with Crippen LogP contribution >= 0.6 is 11.6 Å². The van der Waals surface area contributed by atoms with Gasteiger partial charge in [0, 0.05) is 0 Å². The van der Waals surface area contributed by atoms with E-state index in [2.05, 4.69) is 10.8 Å². The summed E-state index contributed by atoms with van der Waals surface area (Å²) in [5.74, 6) is -0.497. The molecule has 0 spiro atoms. The maximum Gasteiger partial charge on any atom is 0.262 e. The maximum absolute atomic E-state index is 11.7. The van der Waals surface area contributed by atoms with E-state index >= 15 is 0 Å². The summed E-state index contributed by atoms with van der Waals surface area (Å²) in [6.07, 6.45) is 0. The Kier molecular flexibility index (Phi) is 6.32. The zero-order valence-corrected chi connectivity index (χ0v) is 11.7. The molecule has 1 aromatic rings. The van der Waals surface area contributed by atoms with Crippen molar-refractivity contribution in [2.24, 2.45) is 5.92 Å². The molecule has 6 heteroatoms. The molecule has 1 aromatic carbocycles. The molecular weight excluding hydrogens is 268 g/mol. The van der Waals surface area contributed by atoms with Crippen LogP contribution in [0.25, 0.3) is 0 Å². The van der Waals surface area contributed by atoms with Gasteiger partial charge < -0.3 is 5.32 Å². The Hall–Kier alpha value is -1.59. The lowest BCUT2D eigenvalue weighted by Gasteiger charge is -2.09. The fraction of sp³-hybridized carbons (Fsp3) is 0.385. The third-order valence-corrected chi connectivity index (χ3v) is 2.46. The van der Waals surface area contributed by atoms with Gasteiger partial charge in [-0.3, -0.25) is 14.4 Å². The number of hydroxylamine groups is 1. The Morgan fingerprint density at radius 3 is 2.63 bits per heavy atom. The molecule has 0 atom stereocenters. The van der Waals surface area contributed by atoms with Crippen molar-refractivity contribution in [1.29, 1.82) is 0 Å². The van der Waals surface area contributed by atoms with Gasteiger partial charge in [0.1, 0.15) is 0 Å². The van der Waals surface area contributed by atoms with Gasteiger partial charge in [0.15, 0.2) is 0 Å². The summed E-state index contributed by atoms with van der Waals surface area (Å²) in [7, 11) is 0. The summed E-state index contributed by atoms with van der Waals surface area (Å²) in [6.45, 7) is 4.18. The first kappa shape index (κ1) is 15.5. The van der Waals surface area contributed by atoms with E-state index in [0.717, 1.165) is 0 Å². The van der Waals surface area contributed by atoms with Crippen molar-refractivity contribution >= 4 is 23.4 Å². The number of rotatable bonds is 6. The highest BCUT2D eigenvalue weighted by Gasteiger charge is 2.10. The van der Waals surface area contributed by atoms with Gasteiger partial charge in [-0.2, -0.15) is 0 Å². The monoisotopic (exact) mass is 284 g/mol. The number of carbonyl (C=O) groups excluding carboxylic acids is 2. The predicted octanol–water partition coefficient (Wildman–Crippen LogP) is 1.77. The molecule has 0 saturated carbocycles. The first-order chi connectivity index (χ1) is 9.00. The fourth-order valence-corrected chi connectivity index (χ4v) is 1.45. The van der Waals surface area contributed by atoms with Crippen molar-refractivity contribution < 1.29 is 14.4 Å². The molecule has 1 rings (SSSR count). The van der Waals surface area contributed by atoms with E-state index in [1.54, 1.807) is 24.3 Å². The van der Waals surface area contributed by atoms with E-state index in [-0.39, 0.29) is 6.54 Å². The van der Waals surface area contributed by atoms with Crippen molar-refractivity contribution in [2.75, 3.05) is 13.2 Å². The van der Waals surface area contributed by atoms with Crippen molar-refractivity contribution in [2.45, 2.75) is 13.8 Å². The zero-order valence-electron chi connectivity index (χ0n) is 10.9. The van der Waals surface area contributed by atoms with E-state index in [4.69, 9.17) is 16.4 Å². The average molecular weight is 285 g/mol. The van der Waals surface area contributed by atoms with Gasteiger partial charge >= 0.3 is 0 Å². The molecule has 0 bridgehead atoms. The van der Waals surface area contributed by atoms with Crippen LogP contribution in [0.2, 0.25) is 5.02 Å². The standard InChI is InChI=1S/C13H17ClN2O3/c1-9(2)8-19-16-12(17)7-15-13(18)10-5-3-4-6-11(10)14/h3-6,9H,7-8H2,1-2H3,(H,15,18)(H,16,17). The normalized spacial score (nSPS) is 10.3. The molecule has 0 saturated heterocycles. The Morgan fingerprint density at radius 1 is 1.32 bits per heavy atom. The molecule has 2 N–H and O–H groups in total. The SMILES string of the molecule is CC(C)CONC(=O)CNC(=O)c1ccccc1Cl. The molecule has 0 fully saturated rings. The lowest BCUT2D eigenvalue weighted by molar-refractivity contribution is -0.133. The minimum Gasteiger partial charge on any atom is -0.343 e. The molecule has 0 aromatic heterocycles. The van der Waals surface area contributed by atoms with Gasteiger partial charge in [0.2, 0.25) is 0 Å². The molecule has 19 heavy (non-hydrogen) atoms. The third kappa shape index (κ3) is 5.72. The van der Waals surface area contributed by atoms with Crippen LogP contribution in [0.1, 0.15) is 24.2 Å². The van der Waals surface area contributed by atoms with Crippen molar-refractivity contribution in [1.82, 2.24) is 10.8 Å². The van der Waals surface area contributed by atoms with E-state index < -0.39 is 11.8 Å². The van der Waals surface area contributed by atoms with Gasteiger partial charge in [-0.15, -0.1) is 0 Å². The van der Waals surface area contributed by atoms with Crippen LogP contribution in [0, 0.1) is 5.92 Å². The van der Waals surface area contributed by atoms with Gasteiger partial charge in [0.25, 0.3) is 11.8 Å². The van der Waals surface area contributed by atoms with E-state index in [1.165, 1.54) is 0 Å². The highest BCUT2D eigenvalue weighted by molar-refractivity contribution is 6.33. The zero-order chi connectivity index (χ0) is 14.3. The van der Waals surface area contributed by atoms with E-state index in [9.17, 15) is 9.59 Å². The third-order valence-electron chi connectivity index (χ3n) is 2.13. The number of amides is 2. The summed E-state index contributed by atoms with van der Waals surface area (Å²) in [5.41, 5.74) is 2.58. The molecule has 2 amide bonds. The van der Waals surface area contributed by atoms with Crippen molar-refractivity contribution in [3.63, 3.8) is 0 Å². The summed E-state index contributed by atoms with van der Waals surface area (Å²) >= 11 is 5.87. The molecule has 0 aliphatic rings. The first-order valence-corrected chi connectivity index (χ1v) is 6.32. The molecule has 5 nitrogen and oxygen atoms in total. The lowest BCUT2D eigenvalue weighted by atomic mass is 10.2. The van der Waals surface area contributed by atoms with Crippen LogP contribution in [0.3, 0.4) is 0 Å². The molecule has 0 unspecified atom stereocenters. The highest BCUT2D eigenvalue weighted by atomic mass is 35.5. The molecule has 104 valence electrons. The number of halogens is 1. The summed E-state index contributed by atoms with van der Waals surface area (Å²) in [5, 5.41) is 2.81. The summed E-state index contributed by atoms with van der Waals surface area (Å²) < 4.78 is 0. The lowest BCUT2D eigenvalue weighted by Crippen LogP contribution is -2.37. The Balaban J connectivity index is 2.34. The second kappa shape index (κ2) is 7.76. The second-order valence-corrected chi connectivity index (χ2v) is 4.80.